The number of hydrogen-bond donors (Lipinski definition) is 0. The third-order valence-electron chi connectivity index (χ3n) is 3.35. The maximum atomic E-state index is 11.9. The van der Waals surface area contributed by atoms with Crippen molar-refractivity contribution in [2.24, 2.45) is 7.05 Å². The minimum atomic E-state index is -0.184. The van der Waals surface area contributed by atoms with Crippen molar-refractivity contribution >= 4 is 17.5 Å². The van der Waals surface area contributed by atoms with Crippen molar-refractivity contribution in [3.05, 3.63) is 16.4 Å². The van der Waals surface area contributed by atoms with E-state index in [0.29, 0.717) is 11.7 Å². The Hall–Kier alpha value is -1.07. The third kappa shape index (κ3) is 3.48. The lowest BCUT2D eigenvalue weighted by Gasteiger charge is -2.26. The first-order chi connectivity index (χ1) is 8.79. The van der Waals surface area contributed by atoms with E-state index in [-0.39, 0.29) is 11.9 Å². The van der Waals surface area contributed by atoms with Crippen LogP contribution >= 0.6 is 11.6 Å². The second-order valence-corrected chi connectivity index (χ2v) is 5.37. The molecule has 0 aliphatic carbocycles. The van der Waals surface area contributed by atoms with E-state index in [4.69, 9.17) is 11.6 Å². The Labute approximate surface area is 120 Å². The molecular weight excluding hydrogens is 264 g/mol. The molecule has 108 valence electrons. The SMILES string of the molecule is CCc1nn(C)c(Cl)c1CN(C)C(C)C(=O)N(C)C. The minimum Gasteiger partial charge on any atom is -0.347 e. The van der Waals surface area contributed by atoms with Crippen LogP contribution in [0.3, 0.4) is 0 Å². The van der Waals surface area contributed by atoms with E-state index in [1.54, 1.807) is 23.7 Å². The molecule has 0 aliphatic heterocycles. The molecule has 1 rings (SSSR count). The summed E-state index contributed by atoms with van der Waals surface area (Å²) in [6.45, 7) is 4.57. The summed E-state index contributed by atoms with van der Waals surface area (Å²) in [5.41, 5.74) is 2.00. The monoisotopic (exact) mass is 286 g/mol. The summed E-state index contributed by atoms with van der Waals surface area (Å²) < 4.78 is 1.68. The van der Waals surface area contributed by atoms with Crippen LogP contribution in [0.25, 0.3) is 0 Å². The van der Waals surface area contributed by atoms with Crippen molar-refractivity contribution in [1.29, 1.82) is 0 Å². The van der Waals surface area contributed by atoms with E-state index in [1.165, 1.54) is 0 Å². The van der Waals surface area contributed by atoms with E-state index in [0.717, 1.165) is 17.7 Å². The summed E-state index contributed by atoms with van der Waals surface area (Å²) >= 11 is 6.26. The lowest BCUT2D eigenvalue weighted by molar-refractivity contribution is -0.133. The molecule has 1 heterocycles. The van der Waals surface area contributed by atoms with Crippen molar-refractivity contribution in [3.8, 4) is 0 Å². The molecule has 1 aromatic rings. The number of amides is 1. The van der Waals surface area contributed by atoms with Gasteiger partial charge < -0.3 is 4.90 Å². The van der Waals surface area contributed by atoms with Crippen molar-refractivity contribution in [2.75, 3.05) is 21.1 Å². The van der Waals surface area contributed by atoms with Crippen LogP contribution in [-0.4, -0.2) is 52.7 Å². The Balaban J connectivity index is 2.88. The highest BCUT2D eigenvalue weighted by molar-refractivity contribution is 6.30. The average Bonchev–Trinajstić information content (AvgIpc) is 2.64. The number of hydrogen-bond acceptors (Lipinski definition) is 3. The van der Waals surface area contributed by atoms with Crippen LogP contribution in [-0.2, 0) is 24.8 Å². The molecule has 0 saturated carbocycles. The summed E-state index contributed by atoms with van der Waals surface area (Å²) in [7, 11) is 7.29. The summed E-state index contributed by atoms with van der Waals surface area (Å²) in [6.07, 6.45) is 0.833. The second-order valence-electron chi connectivity index (χ2n) is 5.02. The fourth-order valence-corrected chi connectivity index (χ4v) is 2.20. The van der Waals surface area contributed by atoms with Crippen molar-refractivity contribution in [1.82, 2.24) is 19.6 Å². The maximum absolute atomic E-state index is 11.9. The molecule has 1 unspecified atom stereocenters. The third-order valence-corrected chi connectivity index (χ3v) is 3.83. The number of likely N-dealkylation sites (N-methyl/N-ethyl adjacent to an activating group) is 2. The van der Waals surface area contributed by atoms with Gasteiger partial charge in [0.25, 0.3) is 0 Å². The van der Waals surface area contributed by atoms with Gasteiger partial charge in [0.05, 0.1) is 11.7 Å². The Morgan fingerprint density at radius 3 is 2.47 bits per heavy atom. The Morgan fingerprint density at radius 1 is 1.42 bits per heavy atom. The van der Waals surface area contributed by atoms with E-state index in [9.17, 15) is 4.79 Å². The summed E-state index contributed by atoms with van der Waals surface area (Å²) in [5, 5.41) is 5.03. The lowest BCUT2D eigenvalue weighted by atomic mass is 10.1. The molecule has 0 radical (unpaired) electrons. The first kappa shape index (κ1) is 16.0. The van der Waals surface area contributed by atoms with Gasteiger partial charge in [0.15, 0.2) is 0 Å². The summed E-state index contributed by atoms with van der Waals surface area (Å²) in [4.78, 5) is 15.5. The zero-order valence-electron chi connectivity index (χ0n) is 12.6. The molecule has 0 fully saturated rings. The molecule has 1 aromatic heterocycles. The lowest BCUT2D eigenvalue weighted by Crippen LogP contribution is -2.42. The van der Waals surface area contributed by atoms with Crippen LogP contribution in [0.1, 0.15) is 25.1 Å². The minimum absolute atomic E-state index is 0.0839. The fraction of sp³-hybridized carbons (Fsp3) is 0.692. The van der Waals surface area contributed by atoms with Gasteiger partial charge in [0.1, 0.15) is 5.15 Å². The van der Waals surface area contributed by atoms with Gasteiger partial charge in [-0.1, -0.05) is 18.5 Å². The normalized spacial score (nSPS) is 12.8. The van der Waals surface area contributed by atoms with E-state index >= 15 is 0 Å². The van der Waals surface area contributed by atoms with E-state index in [1.807, 2.05) is 25.9 Å². The van der Waals surface area contributed by atoms with Crippen LogP contribution in [0.15, 0.2) is 0 Å². The number of nitrogens with zero attached hydrogens (tertiary/aromatic N) is 4. The van der Waals surface area contributed by atoms with Crippen LogP contribution in [0, 0.1) is 0 Å². The van der Waals surface area contributed by atoms with Crippen molar-refractivity contribution in [3.63, 3.8) is 0 Å². The predicted molar refractivity (Wildman–Crippen MR) is 77.2 cm³/mol. The Morgan fingerprint density at radius 2 is 2.00 bits per heavy atom. The zero-order valence-corrected chi connectivity index (χ0v) is 13.3. The second kappa shape index (κ2) is 6.39. The molecule has 0 spiro atoms. The molecule has 6 heteroatoms. The van der Waals surface area contributed by atoms with E-state index < -0.39 is 0 Å². The van der Waals surface area contributed by atoms with Crippen LogP contribution in [0.2, 0.25) is 5.15 Å². The number of aromatic nitrogens is 2. The average molecular weight is 287 g/mol. The molecule has 1 atom stereocenters. The Kier molecular flexibility index (Phi) is 5.38. The fourth-order valence-electron chi connectivity index (χ4n) is 1.99. The number of carbonyl (C=O) groups is 1. The number of halogens is 1. The zero-order chi connectivity index (χ0) is 14.7. The highest BCUT2D eigenvalue weighted by Gasteiger charge is 2.22. The predicted octanol–water partition coefficient (Wildman–Crippen LogP) is 1.54. The first-order valence-corrected chi connectivity index (χ1v) is 6.79. The highest BCUT2D eigenvalue weighted by Crippen LogP contribution is 2.22. The van der Waals surface area contributed by atoms with Crippen molar-refractivity contribution in [2.45, 2.75) is 32.9 Å². The van der Waals surface area contributed by atoms with Gasteiger partial charge in [0.2, 0.25) is 5.91 Å². The van der Waals surface area contributed by atoms with Gasteiger partial charge in [-0.05, 0) is 20.4 Å². The smallest absolute Gasteiger partial charge is 0.239 e. The quantitative estimate of drug-likeness (QED) is 0.825. The molecular formula is C13H23ClN4O. The summed E-state index contributed by atoms with van der Waals surface area (Å²) in [5.74, 6) is 0.0839. The van der Waals surface area contributed by atoms with Crippen LogP contribution < -0.4 is 0 Å². The van der Waals surface area contributed by atoms with Gasteiger partial charge in [0, 0.05) is 33.3 Å². The molecule has 19 heavy (non-hydrogen) atoms. The van der Waals surface area contributed by atoms with Crippen LogP contribution in [0.5, 0.6) is 0 Å². The van der Waals surface area contributed by atoms with Gasteiger partial charge in [-0.15, -0.1) is 0 Å². The van der Waals surface area contributed by atoms with Crippen molar-refractivity contribution < 1.29 is 4.79 Å². The molecule has 1 amide bonds. The molecule has 0 aromatic carbocycles. The largest absolute Gasteiger partial charge is 0.347 e. The Bertz CT molecular complexity index is 456. The van der Waals surface area contributed by atoms with E-state index in [2.05, 4.69) is 12.0 Å². The summed E-state index contributed by atoms with van der Waals surface area (Å²) in [6, 6.07) is -0.184. The molecule has 0 N–H and O–H groups in total. The van der Waals surface area contributed by atoms with Gasteiger partial charge >= 0.3 is 0 Å². The van der Waals surface area contributed by atoms with Crippen LogP contribution in [0.4, 0.5) is 0 Å². The molecule has 5 nitrogen and oxygen atoms in total. The molecule has 0 aliphatic rings. The number of aryl methyl sites for hydroxylation is 2. The number of carbonyl (C=O) groups excluding carboxylic acids is 1. The van der Waals surface area contributed by atoms with Gasteiger partial charge in [-0.25, -0.2) is 0 Å². The highest BCUT2D eigenvalue weighted by atomic mass is 35.5. The first-order valence-electron chi connectivity index (χ1n) is 6.41. The van der Waals surface area contributed by atoms with Gasteiger partial charge in [-0.2, -0.15) is 5.10 Å². The molecule has 0 saturated heterocycles. The van der Waals surface area contributed by atoms with Gasteiger partial charge in [-0.3, -0.25) is 14.4 Å². The number of rotatable bonds is 5. The topological polar surface area (TPSA) is 41.4 Å². The molecule has 0 bridgehead atoms. The maximum Gasteiger partial charge on any atom is 0.239 e. The standard InChI is InChI=1S/C13H23ClN4O/c1-7-11-10(12(14)18(6)15-11)8-17(5)9(2)13(19)16(3)4/h9H,7-8H2,1-6H3.